The van der Waals surface area contributed by atoms with Crippen LogP contribution >= 0.6 is 11.8 Å². The first-order valence-electron chi connectivity index (χ1n) is 7.84. The highest BCUT2D eigenvalue weighted by molar-refractivity contribution is 7.99. The molecule has 0 aromatic heterocycles. The molecule has 128 valence electrons. The van der Waals surface area contributed by atoms with Crippen molar-refractivity contribution in [2.24, 2.45) is 0 Å². The Labute approximate surface area is 149 Å². The molecule has 2 aromatic rings. The molecule has 2 N–H and O–H groups in total. The SMILES string of the molecule is C=CC(=O)Nc1ccc(C(=O)NC2CCSc3c(F)cccc32)cc1. The topological polar surface area (TPSA) is 58.2 Å². The molecule has 1 heterocycles. The summed E-state index contributed by atoms with van der Waals surface area (Å²) < 4.78 is 13.9. The summed E-state index contributed by atoms with van der Waals surface area (Å²) in [4.78, 5) is 24.4. The van der Waals surface area contributed by atoms with E-state index in [0.29, 0.717) is 16.1 Å². The van der Waals surface area contributed by atoms with Gasteiger partial charge in [-0.05, 0) is 48.4 Å². The lowest BCUT2D eigenvalue weighted by Crippen LogP contribution is -2.30. The summed E-state index contributed by atoms with van der Waals surface area (Å²) >= 11 is 1.48. The van der Waals surface area contributed by atoms with Gasteiger partial charge < -0.3 is 10.6 Å². The predicted molar refractivity (Wildman–Crippen MR) is 97.2 cm³/mol. The zero-order chi connectivity index (χ0) is 17.8. The number of fused-ring (bicyclic) bond motifs is 1. The highest BCUT2D eigenvalue weighted by Gasteiger charge is 2.24. The van der Waals surface area contributed by atoms with Crippen LogP contribution in [0.25, 0.3) is 0 Å². The van der Waals surface area contributed by atoms with E-state index in [1.54, 1.807) is 30.3 Å². The fourth-order valence-corrected chi connectivity index (χ4v) is 3.82. The number of carbonyl (C=O) groups is 2. The largest absolute Gasteiger partial charge is 0.345 e. The van der Waals surface area contributed by atoms with Crippen LogP contribution in [0.3, 0.4) is 0 Å². The zero-order valence-electron chi connectivity index (χ0n) is 13.4. The Morgan fingerprint density at radius 1 is 1.20 bits per heavy atom. The number of halogens is 1. The highest BCUT2D eigenvalue weighted by atomic mass is 32.2. The molecular weight excluding hydrogens is 339 g/mol. The first kappa shape index (κ1) is 17.2. The summed E-state index contributed by atoms with van der Waals surface area (Å²) in [5, 5.41) is 5.59. The second-order valence-electron chi connectivity index (χ2n) is 5.59. The monoisotopic (exact) mass is 356 g/mol. The van der Waals surface area contributed by atoms with Crippen molar-refractivity contribution < 1.29 is 14.0 Å². The first-order chi connectivity index (χ1) is 12.1. The third kappa shape index (κ3) is 3.91. The molecule has 6 heteroatoms. The number of hydrogen-bond acceptors (Lipinski definition) is 3. The quantitative estimate of drug-likeness (QED) is 0.817. The molecule has 0 spiro atoms. The van der Waals surface area contributed by atoms with Gasteiger partial charge in [-0.25, -0.2) is 4.39 Å². The summed E-state index contributed by atoms with van der Waals surface area (Å²) in [6, 6.07) is 11.3. The summed E-state index contributed by atoms with van der Waals surface area (Å²) in [5.74, 6) is -0.0289. The molecule has 2 amide bonds. The molecule has 25 heavy (non-hydrogen) atoms. The van der Waals surface area contributed by atoms with E-state index in [4.69, 9.17) is 0 Å². The zero-order valence-corrected chi connectivity index (χ0v) is 14.2. The van der Waals surface area contributed by atoms with Crippen LogP contribution in [-0.2, 0) is 4.79 Å². The van der Waals surface area contributed by atoms with Gasteiger partial charge in [0.15, 0.2) is 0 Å². The minimum Gasteiger partial charge on any atom is -0.345 e. The van der Waals surface area contributed by atoms with Crippen LogP contribution in [-0.4, -0.2) is 17.6 Å². The number of rotatable bonds is 4. The maximum absolute atomic E-state index is 13.9. The van der Waals surface area contributed by atoms with E-state index >= 15 is 0 Å². The van der Waals surface area contributed by atoms with E-state index in [2.05, 4.69) is 17.2 Å². The number of hydrogen-bond donors (Lipinski definition) is 2. The Morgan fingerprint density at radius 2 is 1.96 bits per heavy atom. The fourth-order valence-electron chi connectivity index (χ4n) is 2.68. The van der Waals surface area contributed by atoms with Crippen LogP contribution < -0.4 is 10.6 Å². The van der Waals surface area contributed by atoms with Gasteiger partial charge in [-0.3, -0.25) is 9.59 Å². The van der Waals surface area contributed by atoms with E-state index in [-0.39, 0.29) is 23.7 Å². The number of carbonyl (C=O) groups excluding carboxylic acids is 2. The summed E-state index contributed by atoms with van der Waals surface area (Å²) in [5.41, 5.74) is 1.88. The van der Waals surface area contributed by atoms with Crippen LogP contribution in [0.4, 0.5) is 10.1 Å². The second kappa shape index (κ2) is 7.53. The average Bonchev–Trinajstić information content (AvgIpc) is 2.63. The van der Waals surface area contributed by atoms with E-state index in [1.807, 2.05) is 6.07 Å². The van der Waals surface area contributed by atoms with Gasteiger partial charge >= 0.3 is 0 Å². The van der Waals surface area contributed by atoms with Gasteiger partial charge in [-0.2, -0.15) is 0 Å². The Morgan fingerprint density at radius 3 is 2.68 bits per heavy atom. The van der Waals surface area contributed by atoms with Crippen LogP contribution in [0, 0.1) is 5.82 Å². The van der Waals surface area contributed by atoms with Crippen LogP contribution in [0.1, 0.15) is 28.4 Å². The van der Waals surface area contributed by atoms with Crippen LogP contribution in [0.5, 0.6) is 0 Å². The van der Waals surface area contributed by atoms with Gasteiger partial charge in [0, 0.05) is 21.9 Å². The molecule has 1 atom stereocenters. The number of nitrogens with one attached hydrogen (secondary N) is 2. The molecule has 0 radical (unpaired) electrons. The lowest BCUT2D eigenvalue weighted by atomic mass is 10.0. The van der Waals surface area contributed by atoms with Gasteiger partial charge in [0.1, 0.15) is 5.82 Å². The van der Waals surface area contributed by atoms with Crippen molar-refractivity contribution in [3.8, 4) is 0 Å². The maximum atomic E-state index is 13.9. The molecule has 0 saturated heterocycles. The molecule has 2 aromatic carbocycles. The molecule has 0 bridgehead atoms. The van der Waals surface area contributed by atoms with Gasteiger partial charge in [0.05, 0.1) is 6.04 Å². The minimum absolute atomic E-state index is 0.209. The van der Waals surface area contributed by atoms with Crippen molar-refractivity contribution in [3.05, 3.63) is 72.1 Å². The van der Waals surface area contributed by atoms with Gasteiger partial charge in [0.2, 0.25) is 5.91 Å². The van der Waals surface area contributed by atoms with E-state index in [9.17, 15) is 14.0 Å². The van der Waals surface area contributed by atoms with Crippen molar-refractivity contribution in [2.45, 2.75) is 17.4 Å². The number of benzene rings is 2. The normalized spacial score (nSPS) is 15.8. The summed E-state index contributed by atoms with van der Waals surface area (Å²) in [7, 11) is 0. The molecule has 0 fully saturated rings. The molecule has 1 unspecified atom stereocenters. The van der Waals surface area contributed by atoms with E-state index < -0.39 is 0 Å². The summed E-state index contributed by atoms with van der Waals surface area (Å²) in [6.45, 7) is 3.39. The molecule has 3 rings (SSSR count). The van der Waals surface area contributed by atoms with Crippen LogP contribution in [0.2, 0.25) is 0 Å². The Kier molecular flexibility index (Phi) is 5.19. The molecule has 0 saturated carbocycles. The standard InChI is InChI=1S/C19H17FN2O2S/c1-2-17(23)21-13-8-6-12(7-9-13)19(24)22-16-10-11-25-18-14(16)4-3-5-15(18)20/h2-9,16H,1,10-11H2,(H,21,23)(H,22,24). The van der Waals surface area contributed by atoms with Crippen molar-refractivity contribution in [1.29, 1.82) is 0 Å². The Hall–Kier alpha value is -2.60. The second-order valence-corrected chi connectivity index (χ2v) is 6.70. The van der Waals surface area contributed by atoms with Crippen molar-refractivity contribution >= 4 is 29.3 Å². The molecule has 1 aliphatic heterocycles. The molecule has 4 nitrogen and oxygen atoms in total. The predicted octanol–water partition coefficient (Wildman–Crippen LogP) is 3.92. The van der Waals surface area contributed by atoms with Crippen molar-refractivity contribution in [2.75, 3.05) is 11.1 Å². The maximum Gasteiger partial charge on any atom is 0.251 e. The van der Waals surface area contributed by atoms with Crippen molar-refractivity contribution in [3.63, 3.8) is 0 Å². The summed E-state index contributed by atoms with van der Waals surface area (Å²) in [6.07, 6.45) is 1.93. The fraction of sp³-hybridized carbons (Fsp3) is 0.158. The van der Waals surface area contributed by atoms with Crippen molar-refractivity contribution in [1.82, 2.24) is 5.32 Å². The van der Waals surface area contributed by atoms with Gasteiger partial charge in [-0.1, -0.05) is 18.7 Å². The Balaban J connectivity index is 1.72. The van der Waals surface area contributed by atoms with E-state index in [0.717, 1.165) is 17.7 Å². The van der Waals surface area contributed by atoms with Gasteiger partial charge in [0.25, 0.3) is 5.91 Å². The molecule has 1 aliphatic rings. The third-order valence-corrected chi connectivity index (χ3v) is 5.09. The number of anilines is 1. The lowest BCUT2D eigenvalue weighted by Gasteiger charge is -2.26. The highest BCUT2D eigenvalue weighted by Crippen LogP contribution is 2.37. The minimum atomic E-state index is -0.310. The first-order valence-corrected chi connectivity index (χ1v) is 8.82. The van der Waals surface area contributed by atoms with E-state index in [1.165, 1.54) is 23.9 Å². The number of amides is 2. The lowest BCUT2D eigenvalue weighted by molar-refractivity contribution is -0.111. The number of thioether (sulfide) groups is 1. The third-order valence-electron chi connectivity index (χ3n) is 3.93. The Bertz CT molecular complexity index is 821. The van der Waals surface area contributed by atoms with Crippen LogP contribution in [0.15, 0.2) is 60.0 Å². The molecule has 0 aliphatic carbocycles. The average molecular weight is 356 g/mol. The van der Waals surface area contributed by atoms with Gasteiger partial charge in [-0.15, -0.1) is 11.8 Å². The molecular formula is C19H17FN2O2S. The smallest absolute Gasteiger partial charge is 0.251 e.